The lowest BCUT2D eigenvalue weighted by molar-refractivity contribution is -0.517. The summed E-state index contributed by atoms with van der Waals surface area (Å²) in [7, 11) is 0. The lowest BCUT2D eigenvalue weighted by Gasteiger charge is -2.49. The second kappa shape index (κ2) is 9.01. The number of alkyl halides is 8. The zero-order valence-corrected chi connectivity index (χ0v) is 18.1. The van der Waals surface area contributed by atoms with Crippen molar-refractivity contribution in [3.05, 3.63) is 60.7 Å². The van der Waals surface area contributed by atoms with Gasteiger partial charge >= 0.3 is 35.6 Å². The summed E-state index contributed by atoms with van der Waals surface area (Å²) in [6.07, 6.45) is -11.3. The highest BCUT2D eigenvalue weighted by molar-refractivity contribution is 5.24. The lowest BCUT2D eigenvalue weighted by atomic mass is 9.90. The first-order chi connectivity index (χ1) is 16.8. The highest BCUT2D eigenvalue weighted by Gasteiger charge is 2.92. The fourth-order valence-electron chi connectivity index (χ4n) is 3.77. The van der Waals surface area contributed by atoms with Gasteiger partial charge in [-0.15, -0.1) is 0 Å². The van der Waals surface area contributed by atoms with Gasteiger partial charge in [0.1, 0.15) is 11.5 Å². The Kier molecular flexibility index (Phi) is 6.60. The highest BCUT2D eigenvalue weighted by atomic mass is 19.3. The van der Waals surface area contributed by atoms with Gasteiger partial charge in [0.25, 0.3) is 0 Å². The molecule has 0 bridgehead atoms. The number of ether oxygens (including phenoxy) is 6. The Hall–Kier alpha value is -2.68. The summed E-state index contributed by atoms with van der Waals surface area (Å²) in [6.45, 7) is -3.86. The van der Waals surface area contributed by atoms with E-state index in [9.17, 15) is 17.6 Å². The lowest BCUT2D eigenvalue weighted by Crippen LogP contribution is -2.79. The molecule has 0 N–H and O–H groups in total. The minimum atomic E-state index is -5.89. The van der Waals surface area contributed by atoms with Crippen LogP contribution in [0.2, 0.25) is 0 Å². The second-order valence-electron chi connectivity index (χ2n) is 7.64. The van der Waals surface area contributed by atoms with Gasteiger partial charge in [0.2, 0.25) is 0 Å². The molecule has 0 unspecified atom stereocenters. The average molecular weight is 530 g/mol. The van der Waals surface area contributed by atoms with Crippen LogP contribution >= 0.6 is 0 Å². The summed E-state index contributed by atoms with van der Waals surface area (Å²) in [5.41, 5.74) is 0. The Balaban J connectivity index is 1.80. The topological polar surface area (TPSA) is 55.4 Å². The van der Waals surface area contributed by atoms with E-state index in [4.69, 9.17) is 0 Å². The molecule has 0 aliphatic carbocycles. The van der Waals surface area contributed by atoms with Gasteiger partial charge in [0.05, 0.1) is 26.4 Å². The molecule has 0 amide bonds. The number of rotatable bonds is 9. The molecule has 0 saturated carbocycles. The minimum absolute atomic E-state index is 0.790. The molecule has 2 aromatic carbocycles. The normalized spacial score (nSPS) is 20.3. The number of halogens is 8. The van der Waals surface area contributed by atoms with Crippen molar-refractivity contribution in [2.45, 2.75) is 35.6 Å². The van der Waals surface area contributed by atoms with Crippen LogP contribution in [0.4, 0.5) is 35.1 Å². The summed E-state index contributed by atoms with van der Waals surface area (Å²) in [5.74, 6) is -22.5. The molecule has 2 fully saturated rings. The predicted octanol–water partition coefficient (Wildman–Crippen LogP) is 5.09. The van der Waals surface area contributed by atoms with Crippen molar-refractivity contribution in [1.29, 1.82) is 0 Å². The fourth-order valence-corrected chi connectivity index (χ4v) is 3.77. The molecule has 198 valence electrons. The maximum Gasteiger partial charge on any atom is 0.470 e. The first-order valence-corrected chi connectivity index (χ1v) is 10.4. The van der Waals surface area contributed by atoms with Crippen molar-refractivity contribution in [2.24, 2.45) is 0 Å². The van der Waals surface area contributed by atoms with Crippen LogP contribution in [-0.2, 0) is 18.9 Å². The molecule has 36 heavy (non-hydrogen) atoms. The van der Waals surface area contributed by atoms with Crippen LogP contribution in [0.5, 0.6) is 11.5 Å². The van der Waals surface area contributed by atoms with E-state index in [1.807, 2.05) is 0 Å². The number of para-hydroxylation sites is 2. The average Bonchev–Trinajstić information content (AvgIpc) is 3.51. The Labute approximate surface area is 198 Å². The first-order valence-electron chi connectivity index (χ1n) is 10.4. The largest absolute Gasteiger partial charge is 0.470 e. The van der Waals surface area contributed by atoms with Gasteiger partial charge in [0.15, 0.2) is 0 Å². The molecule has 0 radical (unpaired) electrons. The van der Waals surface area contributed by atoms with Crippen LogP contribution in [0.1, 0.15) is 0 Å². The summed E-state index contributed by atoms with van der Waals surface area (Å²) < 4.78 is 149. The first kappa shape index (κ1) is 26.4. The van der Waals surface area contributed by atoms with Gasteiger partial charge in [-0.25, -0.2) is 0 Å². The standard InChI is InChI=1S/C22H18F8O6/c23-17(24,21(27,28)35-15-7-3-1-4-8-15)19(31-11-12-32-19)20(33-13-14-34-20)18(25,26)22(29,30)36-16-9-5-2-6-10-16/h1-10H,11-14H2. The Morgan fingerprint density at radius 3 is 1.06 bits per heavy atom. The summed E-state index contributed by atoms with van der Waals surface area (Å²) in [5, 5.41) is 0. The second-order valence-corrected chi connectivity index (χ2v) is 7.64. The molecule has 6 nitrogen and oxygen atoms in total. The third kappa shape index (κ3) is 3.86. The third-order valence-electron chi connectivity index (χ3n) is 5.36. The summed E-state index contributed by atoms with van der Waals surface area (Å²) in [6, 6.07) is 10.9. The highest BCUT2D eigenvalue weighted by Crippen LogP contribution is 2.61. The Morgan fingerprint density at radius 2 is 0.778 bits per heavy atom. The van der Waals surface area contributed by atoms with Crippen molar-refractivity contribution in [2.75, 3.05) is 26.4 Å². The van der Waals surface area contributed by atoms with Crippen molar-refractivity contribution in [3.63, 3.8) is 0 Å². The van der Waals surface area contributed by atoms with E-state index in [1.165, 1.54) is 36.4 Å². The van der Waals surface area contributed by atoms with Crippen molar-refractivity contribution >= 4 is 0 Å². The molecule has 4 rings (SSSR count). The molecule has 2 saturated heterocycles. The molecular weight excluding hydrogens is 512 g/mol. The number of benzene rings is 2. The summed E-state index contributed by atoms with van der Waals surface area (Å²) in [4.78, 5) is 0. The molecule has 0 spiro atoms. The van der Waals surface area contributed by atoms with Crippen LogP contribution in [0.3, 0.4) is 0 Å². The van der Waals surface area contributed by atoms with E-state index >= 15 is 17.6 Å². The molecule has 2 aliphatic rings. The SMILES string of the molecule is FC(F)(Oc1ccccc1)C(F)(F)C1(C2(C(F)(F)C(F)(F)Oc3ccccc3)OCCO2)OCCO1. The quantitative estimate of drug-likeness (QED) is 0.422. The van der Waals surface area contributed by atoms with Crippen LogP contribution in [0, 0.1) is 0 Å². The minimum Gasteiger partial charge on any atom is -0.428 e. The van der Waals surface area contributed by atoms with Gasteiger partial charge in [-0.3, -0.25) is 0 Å². The molecular formula is C22H18F8O6. The van der Waals surface area contributed by atoms with E-state index in [1.54, 1.807) is 0 Å². The van der Waals surface area contributed by atoms with Crippen molar-refractivity contribution in [1.82, 2.24) is 0 Å². The molecule has 14 heteroatoms. The number of hydrogen-bond acceptors (Lipinski definition) is 6. The maximum absolute atomic E-state index is 15.6. The van der Waals surface area contributed by atoms with E-state index in [2.05, 4.69) is 28.4 Å². The van der Waals surface area contributed by atoms with Crippen molar-refractivity contribution in [3.8, 4) is 11.5 Å². The van der Waals surface area contributed by atoms with Gasteiger partial charge in [-0.1, -0.05) is 36.4 Å². The predicted molar refractivity (Wildman–Crippen MR) is 103 cm³/mol. The molecule has 0 aromatic heterocycles. The smallest absolute Gasteiger partial charge is 0.428 e. The van der Waals surface area contributed by atoms with Gasteiger partial charge < -0.3 is 28.4 Å². The Bertz CT molecular complexity index is 942. The maximum atomic E-state index is 15.6. The zero-order chi connectivity index (χ0) is 26.3. The van der Waals surface area contributed by atoms with Gasteiger partial charge in [0, 0.05) is 0 Å². The van der Waals surface area contributed by atoms with Crippen LogP contribution in [0.15, 0.2) is 60.7 Å². The summed E-state index contributed by atoms with van der Waals surface area (Å²) >= 11 is 0. The van der Waals surface area contributed by atoms with E-state index < -0.39 is 73.6 Å². The molecule has 2 aromatic rings. The third-order valence-corrected chi connectivity index (χ3v) is 5.36. The molecule has 2 aliphatic heterocycles. The molecule has 2 heterocycles. The van der Waals surface area contributed by atoms with Crippen LogP contribution in [0.25, 0.3) is 0 Å². The number of hydrogen-bond donors (Lipinski definition) is 0. The van der Waals surface area contributed by atoms with E-state index in [-0.39, 0.29) is 0 Å². The fraction of sp³-hybridized carbons (Fsp3) is 0.455. The van der Waals surface area contributed by atoms with E-state index in [0.717, 1.165) is 24.3 Å². The Morgan fingerprint density at radius 1 is 0.500 bits per heavy atom. The van der Waals surface area contributed by atoms with Gasteiger partial charge in [-0.05, 0) is 24.3 Å². The van der Waals surface area contributed by atoms with Crippen LogP contribution in [-0.4, -0.2) is 62.1 Å². The van der Waals surface area contributed by atoms with Crippen LogP contribution < -0.4 is 9.47 Å². The van der Waals surface area contributed by atoms with Crippen molar-refractivity contribution < 1.29 is 63.5 Å². The zero-order valence-electron chi connectivity index (χ0n) is 18.1. The van der Waals surface area contributed by atoms with E-state index in [0.29, 0.717) is 0 Å². The monoisotopic (exact) mass is 530 g/mol. The van der Waals surface area contributed by atoms with Gasteiger partial charge in [-0.2, -0.15) is 35.1 Å². The molecule has 0 atom stereocenters.